The second-order valence-corrected chi connectivity index (χ2v) is 4.51. The summed E-state index contributed by atoms with van der Waals surface area (Å²) in [5, 5.41) is 16.6. The molecular weight excluding hydrogens is 242 g/mol. The molecule has 3 N–H and O–H groups in total. The number of nitriles is 1. The minimum atomic E-state index is 0.256. The molecule has 0 bridgehead atoms. The van der Waals surface area contributed by atoms with E-state index in [0.29, 0.717) is 23.2 Å². The third-order valence-corrected chi connectivity index (χ3v) is 3.03. The Hall–Kier alpha value is -2.62. The molecule has 0 radical (unpaired) electrons. The van der Waals surface area contributed by atoms with Crippen molar-refractivity contribution in [3.8, 4) is 12.0 Å². The Kier molecular flexibility index (Phi) is 2.76. The van der Waals surface area contributed by atoms with Crippen molar-refractivity contribution in [3.05, 3.63) is 24.0 Å². The normalized spacial score (nSPS) is 14.1. The number of hydrogen-bond acceptors (Lipinski definition) is 6. The molecule has 0 spiro atoms. The number of nitrogen functional groups attached to an aromatic ring is 1. The number of hydrogen-bond donors (Lipinski definition) is 2. The van der Waals surface area contributed by atoms with Crippen molar-refractivity contribution in [1.82, 2.24) is 19.7 Å². The monoisotopic (exact) mass is 255 g/mol. The highest BCUT2D eigenvalue weighted by Gasteiger charge is 2.23. The fourth-order valence-corrected chi connectivity index (χ4v) is 1.78. The first kappa shape index (κ1) is 11.5. The Morgan fingerprint density at radius 3 is 2.79 bits per heavy atom. The lowest BCUT2D eigenvalue weighted by atomic mass is 10.3. The van der Waals surface area contributed by atoms with Crippen LogP contribution in [0.25, 0.3) is 5.95 Å². The molecule has 19 heavy (non-hydrogen) atoms. The summed E-state index contributed by atoms with van der Waals surface area (Å²) in [4.78, 5) is 8.16. The fraction of sp³-hybridized carbons (Fsp3) is 0.333. The first-order valence-electron chi connectivity index (χ1n) is 6.09. The quantitative estimate of drug-likeness (QED) is 0.842. The fourth-order valence-electron chi connectivity index (χ4n) is 1.78. The molecule has 7 heteroatoms. The second-order valence-electron chi connectivity index (χ2n) is 4.51. The molecule has 7 nitrogen and oxygen atoms in total. The van der Waals surface area contributed by atoms with Crippen LogP contribution in [0, 0.1) is 17.2 Å². The number of nitrogens with zero attached hydrogens (tertiary/aromatic N) is 5. The smallest absolute Gasteiger partial charge is 0.252 e. The van der Waals surface area contributed by atoms with Gasteiger partial charge in [-0.2, -0.15) is 9.94 Å². The van der Waals surface area contributed by atoms with E-state index in [9.17, 15) is 5.26 Å². The summed E-state index contributed by atoms with van der Waals surface area (Å²) in [6.45, 7) is 0.820. The average molecular weight is 255 g/mol. The Labute approximate surface area is 110 Å². The largest absolute Gasteiger partial charge is 0.382 e. The van der Waals surface area contributed by atoms with E-state index in [1.165, 1.54) is 17.5 Å². The van der Waals surface area contributed by atoms with E-state index in [1.54, 1.807) is 18.5 Å². The van der Waals surface area contributed by atoms with E-state index in [0.717, 1.165) is 6.54 Å². The molecule has 3 rings (SSSR count). The predicted octanol–water partition coefficient (Wildman–Crippen LogP) is 0.938. The van der Waals surface area contributed by atoms with Gasteiger partial charge in [0.15, 0.2) is 11.6 Å². The van der Waals surface area contributed by atoms with E-state index >= 15 is 0 Å². The molecule has 0 aliphatic heterocycles. The van der Waals surface area contributed by atoms with Gasteiger partial charge in [0.25, 0.3) is 5.95 Å². The van der Waals surface area contributed by atoms with Crippen LogP contribution >= 0.6 is 0 Å². The van der Waals surface area contributed by atoms with E-state index in [1.807, 2.05) is 0 Å². The number of nitrogens with two attached hydrogens (primary N) is 1. The molecule has 0 atom stereocenters. The lowest BCUT2D eigenvalue weighted by molar-refractivity contribution is 0.809. The number of aromatic nitrogens is 4. The third kappa shape index (κ3) is 2.20. The zero-order valence-electron chi connectivity index (χ0n) is 10.2. The van der Waals surface area contributed by atoms with Gasteiger partial charge in [0.1, 0.15) is 11.6 Å². The Balaban J connectivity index is 1.94. The van der Waals surface area contributed by atoms with Crippen molar-refractivity contribution < 1.29 is 0 Å². The predicted molar refractivity (Wildman–Crippen MR) is 69.5 cm³/mol. The van der Waals surface area contributed by atoms with E-state index < -0.39 is 0 Å². The van der Waals surface area contributed by atoms with Crippen molar-refractivity contribution in [2.45, 2.75) is 12.8 Å². The van der Waals surface area contributed by atoms with Crippen molar-refractivity contribution in [2.75, 3.05) is 17.6 Å². The molecule has 1 fully saturated rings. The minimum Gasteiger partial charge on any atom is -0.382 e. The molecule has 2 aromatic rings. The summed E-state index contributed by atoms with van der Waals surface area (Å²) < 4.78 is 1.38. The van der Waals surface area contributed by atoms with Gasteiger partial charge in [-0.25, -0.2) is 9.97 Å². The number of rotatable bonds is 4. The molecule has 0 aromatic carbocycles. The van der Waals surface area contributed by atoms with Gasteiger partial charge in [-0.15, -0.1) is 5.10 Å². The van der Waals surface area contributed by atoms with Gasteiger partial charge >= 0.3 is 0 Å². The van der Waals surface area contributed by atoms with Crippen molar-refractivity contribution >= 4 is 11.6 Å². The van der Waals surface area contributed by atoms with Crippen LogP contribution in [0.5, 0.6) is 0 Å². The highest BCUT2D eigenvalue weighted by atomic mass is 15.4. The number of nitrogens with one attached hydrogen (secondary N) is 1. The molecule has 0 unspecified atom stereocenters. The Bertz CT molecular complexity index is 622. The second kappa shape index (κ2) is 4.57. The van der Waals surface area contributed by atoms with Gasteiger partial charge < -0.3 is 11.1 Å². The maximum Gasteiger partial charge on any atom is 0.252 e. The summed E-state index contributed by atoms with van der Waals surface area (Å²) in [6, 6.07) is 3.78. The zero-order valence-corrected chi connectivity index (χ0v) is 10.2. The van der Waals surface area contributed by atoms with E-state index in [4.69, 9.17) is 5.73 Å². The topological polar surface area (TPSA) is 105 Å². The molecule has 0 amide bonds. The van der Waals surface area contributed by atoms with Gasteiger partial charge in [0, 0.05) is 18.9 Å². The standard InChI is InChI=1S/C12H13N7/c13-6-9-10(14)19(12-15-4-1-5-16-12)18-11(9)17-7-8-2-3-8/h1,4-5,8H,2-3,7,14H2,(H,17,18). The van der Waals surface area contributed by atoms with Crippen LogP contribution in [0.4, 0.5) is 11.6 Å². The molecular formula is C12H13N7. The lowest BCUT2D eigenvalue weighted by Crippen LogP contribution is -2.07. The summed E-state index contributed by atoms with van der Waals surface area (Å²) in [7, 11) is 0. The van der Waals surface area contributed by atoms with Crippen molar-refractivity contribution in [1.29, 1.82) is 5.26 Å². The van der Waals surface area contributed by atoms with Crippen LogP contribution in [0.2, 0.25) is 0 Å². The molecule has 0 saturated heterocycles. The Morgan fingerprint density at radius 2 is 2.16 bits per heavy atom. The number of anilines is 2. The van der Waals surface area contributed by atoms with Gasteiger partial charge in [-0.1, -0.05) is 0 Å². The molecule has 2 aromatic heterocycles. The van der Waals surface area contributed by atoms with E-state index in [2.05, 4.69) is 26.5 Å². The SMILES string of the molecule is N#Cc1c(NCC2CC2)nn(-c2ncccn2)c1N. The van der Waals surface area contributed by atoms with Crippen LogP contribution in [0.15, 0.2) is 18.5 Å². The highest BCUT2D eigenvalue weighted by molar-refractivity contribution is 5.65. The van der Waals surface area contributed by atoms with Crippen molar-refractivity contribution in [2.24, 2.45) is 5.92 Å². The molecule has 1 aliphatic carbocycles. The molecule has 1 saturated carbocycles. The average Bonchev–Trinajstić information content (AvgIpc) is 3.21. The lowest BCUT2D eigenvalue weighted by Gasteiger charge is -2.00. The maximum absolute atomic E-state index is 9.18. The Morgan fingerprint density at radius 1 is 1.42 bits per heavy atom. The van der Waals surface area contributed by atoms with Gasteiger partial charge in [0.05, 0.1) is 0 Å². The summed E-state index contributed by atoms with van der Waals surface area (Å²) in [5.41, 5.74) is 6.27. The van der Waals surface area contributed by atoms with Gasteiger partial charge in [-0.3, -0.25) is 0 Å². The molecule has 96 valence electrons. The van der Waals surface area contributed by atoms with Crippen molar-refractivity contribution in [3.63, 3.8) is 0 Å². The van der Waals surface area contributed by atoms with E-state index in [-0.39, 0.29) is 5.82 Å². The summed E-state index contributed by atoms with van der Waals surface area (Å²) >= 11 is 0. The minimum absolute atomic E-state index is 0.256. The zero-order chi connectivity index (χ0) is 13.2. The highest BCUT2D eigenvalue weighted by Crippen LogP contribution is 2.30. The van der Waals surface area contributed by atoms with Crippen LogP contribution in [-0.2, 0) is 0 Å². The molecule has 2 heterocycles. The summed E-state index contributed by atoms with van der Waals surface area (Å²) in [5.74, 6) is 1.80. The van der Waals surface area contributed by atoms with Gasteiger partial charge in [0.2, 0.25) is 0 Å². The first-order valence-corrected chi connectivity index (χ1v) is 6.09. The first-order chi connectivity index (χ1) is 9.29. The van der Waals surface area contributed by atoms with Crippen LogP contribution in [0.1, 0.15) is 18.4 Å². The third-order valence-electron chi connectivity index (χ3n) is 3.03. The maximum atomic E-state index is 9.18. The van der Waals surface area contributed by atoms with Crippen LogP contribution in [0.3, 0.4) is 0 Å². The molecule has 1 aliphatic rings. The summed E-state index contributed by atoms with van der Waals surface area (Å²) in [6.07, 6.45) is 5.67. The van der Waals surface area contributed by atoms with Crippen LogP contribution in [-0.4, -0.2) is 26.3 Å². The van der Waals surface area contributed by atoms with Gasteiger partial charge in [-0.05, 0) is 24.8 Å². The van der Waals surface area contributed by atoms with Crippen LogP contribution < -0.4 is 11.1 Å².